The van der Waals surface area contributed by atoms with Gasteiger partial charge in [0.15, 0.2) is 0 Å². The van der Waals surface area contributed by atoms with Gasteiger partial charge >= 0.3 is 5.97 Å². The Balaban J connectivity index is 2.43. The van der Waals surface area contributed by atoms with Gasteiger partial charge in [-0.1, -0.05) is 18.2 Å². The molecule has 1 aromatic rings. The molecule has 86 valence electrons. The van der Waals surface area contributed by atoms with Crippen molar-refractivity contribution in [3.63, 3.8) is 0 Å². The molecule has 0 saturated heterocycles. The highest BCUT2D eigenvalue weighted by Gasteiger charge is 2.10. The van der Waals surface area contributed by atoms with E-state index in [0.717, 1.165) is 0 Å². The number of benzene rings is 1. The van der Waals surface area contributed by atoms with Gasteiger partial charge in [0.25, 0.3) is 5.91 Å². The van der Waals surface area contributed by atoms with E-state index in [2.05, 4.69) is 5.32 Å². The van der Waals surface area contributed by atoms with Gasteiger partial charge in [0.05, 0.1) is 0 Å². The second kappa shape index (κ2) is 5.90. The van der Waals surface area contributed by atoms with Gasteiger partial charge in [0.2, 0.25) is 0 Å². The summed E-state index contributed by atoms with van der Waals surface area (Å²) in [7, 11) is 0. The van der Waals surface area contributed by atoms with E-state index in [-0.39, 0.29) is 18.4 Å². The maximum Gasteiger partial charge on any atom is 0.303 e. The largest absolute Gasteiger partial charge is 0.481 e. The molecule has 0 saturated carbocycles. The topological polar surface area (TPSA) is 66.4 Å². The van der Waals surface area contributed by atoms with Crippen LogP contribution in [0.25, 0.3) is 0 Å². The molecule has 0 fully saturated rings. The fourth-order valence-electron chi connectivity index (χ4n) is 1.31. The number of carboxylic acid groups (broad SMARTS) is 1. The summed E-state index contributed by atoms with van der Waals surface area (Å²) in [6, 6.07) is 8.72. The predicted molar refractivity (Wildman–Crippen MR) is 60.2 cm³/mol. The molecule has 1 rings (SSSR count). The van der Waals surface area contributed by atoms with Crippen LogP contribution in [0.3, 0.4) is 0 Å². The minimum atomic E-state index is -0.846. The van der Waals surface area contributed by atoms with E-state index in [0.29, 0.717) is 12.0 Å². The molecule has 0 aliphatic rings. The van der Waals surface area contributed by atoms with Crippen LogP contribution in [0, 0.1) is 0 Å². The Morgan fingerprint density at radius 1 is 1.31 bits per heavy atom. The quantitative estimate of drug-likeness (QED) is 0.794. The summed E-state index contributed by atoms with van der Waals surface area (Å²) in [4.78, 5) is 22.0. The summed E-state index contributed by atoms with van der Waals surface area (Å²) in [6.45, 7) is 1.80. The molecule has 2 N–H and O–H groups in total. The van der Waals surface area contributed by atoms with Crippen molar-refractivity contribution < 1.29 is 14.7 Å². The average Bonchev–Trinajstić information content (AvgIpc) is 2.27. The molecule has 0 heterocycles. The number of carbonyl (C=O) groups excluding carboxylic acids is 1. The van der Waals surface area contributed by atoms with Crippen LogP contribution in [-0.2, 0) is 4.79 Å². The van der Waals surface area contributed by atoms with Gasteiger partial charge in [-0.2, -0.15) is 0 Å². The monoisotopic (exact) mass is 221 g/mol. The lowest BCUT2D eigenvalue weighted by Crippen LogP contribution is -2.32. The van der Waals surface area contributed by atoms with Gasteiger partial charge in [-0.05, 0) is 25.5 Å². The van der Waals surface area contributed by atoms with Crippen molar-refractivity contribution in [3.05, 3.63) is 35.9 Å². The second-order valence-corrected chi connectivity index (χ2v) is 3.67. The second-order valence-electron chi connectivity index (χ2n) is 3.67. The number of carbonyl (C=O) groups is 2. The van der Waals surface area contributed by atoms with Crippen LogP contribution >= 0.6 is 0 Å². The van der Waals surface area contributed by atoms with E-state index >= 15 is 0 Å². The molecule has 1 atom stereocenters. The van der Waals surface area contributed by atoms with E-state index < -0.39 is 5.97 Å². The molecule has 0 aromatic heterocycles. The Labute approximate surface area is 94.3 Å². The third kappa shape index (κ3) is 4.13. The van der Waals surface area contributed by atoms with Crippen LogP contribution < -0.4 is 5.32 Å². The molecule has 4 nitrogen and oxygen atoms in total. The lowest BCUT2D eigenvalue weighted by Gasteiger charge is -2.12. The molecule has 1 amide bonds. The average molecular weight is 221 g/mol. The van der Waals surface area contributed by atoms with Gasteiger partial charge < -0.3 is 10.4 Å². The Morgan fingerprint density at radius 3 is 2.50 bits per heavy atom. The summed E-state index contributed by atoms with van der Waals surface area (Å²) >= 11 is 0. The van der Waals surface area contributed by atoms with Crippen LogP contribution in [0.4, 0.5) is 0 Å². The zero-order valence-corrected chi connectivity index (χ0v) is 9.14. The lowest BCUT2D eigenvalue weighted by atomic mass is 10.1. The van der Waals surface area contributed by atoms with Gasteiger partial charge in [-0.3, -0.25) is 9.59 Å². The maximum atomic E-state index is 11.6. The van der Waals surface area contributed by atoms with Crippen LogP contribution in [0.15, 0.2) is 30.3 Å². The minimum Gasteiger partial charge on any atom is -0.481 e. The van der Waals surface area contributed by atoms with E-state index in [4.69, 9.17) is 5.11 Å². The van der Waals surface area contributed by atoms with Crippen LogP contribution in [0.5, 0.6) is 0 Å². The van der Waals surface area contributed by atoms with E-state index in [9.17, 15) is 9.59 Å². The fourth-order valence-corrected chi connectivity index (χ4v) is 1.31. The number of hydrogen-bond acceptors (Lipinski definition) is 2. The third-order valence-electron chi connectivity index (χ3n) is 2.20. The molecule has 0 unspecified atom stereocenters. The smallest absolute Gasteiger partial charge is 0.303 e. The molecular formula is C12H15NO3. The molecule has 0 radical (unpaired) electrons. The summed E-state index contributed by atoms with van der Waals surface area (Å²) in [5.41, 5.74) is 0.588. The van der Waals surface area contributed by atoms with Gasteiger partial charge in [-0.15, -0.1) is 0 Å². The van der Waals surface area contributed by atoms with E-state index in [1.165, 1.54) is 0 Å². The zero-order valence-electron chi connectivity index (χ0n) is 9.14. The van der Waals surface area contributed by atoms with Crippen molar-refractivity contribution in [1.29, 1.82) is 0 Å². The summed E-state index contributed by atoms with van der Waals surface area (Å²) in [5.74, 6) is -1.01. The van der Waals surface area contributed by atoms with E-state index in [1.807, 2.05) is 6.07 Å². The minimum absolute atomic E-state index is 0.0657. The Morgan fingerprint density at radius 2 is 1.94 bits per heavy atom. The van der Waals surface area contributed by atoms with Crippen molar-refractivity contribution in [3.8, 4) is 0 Å². The molecule has 0 aliphatic heterocycles. The van der Waals surface area contributed by atoms with Crippen molar-refractivity contribution in [1.82, 2.24) is 5.32 Å². The molecule has 1 aromatic carbocycles. The molecular weight excluding hydrogens is 206 g/mol. The third-order valence-corrected chi connectivity index (χ3v) is 2.20. The highest BCUT2D eigenvalue weighted by molar-refractivity contribution is 5.94. The first-order valence-electron chi connectivity index (χ1n) is 5.17. The zero-order chi connectivity index (χ0) is 12.0. The van der Waals surface area contributed by atoms with Gasteiger partial charge in [0.1, 0.15) is 0 Å². The molecule has 0 spiro atoms. The number of hydrogen-bond donors (Lipinski definition) is 2. The molecule has 16 heavy (non-hydrogen) atoms. The van der Waals surface area contributed by atoms with Crippen LogP contribution in [-0.4, -0.2) is 23.0 Å². The molecule has 0 aliphatic carbocycles. The van der Waals surface area contributed by atoms with Gasteiger partial charge in [-0.25, -0.2) is 0 Å². The highest BCUT2D eigenvalue weighted by Crippen LogP contribution is 2.01. The first kappa shape index (κ1) is 12.2. The number of amides is 1. The van der Waals surface area contributed by atoms with Crippen molar-refractivity contribution in [2.24, 2.45) is 0 Å². The number of carboxylic acids is 1. The predicted octanol–water partition coefficient (Wildman–Crippen LogP) is 1.67. The normalized spacial score (nSPS) is 11.8. The lowest BCUT2D eigenvalue weighted by molar-refractivity contribution is -0.137. The Kier molecular flexibility index (Phi) is 4.51. The standard InChI is InChI=1S/C12H15NO3/c1-9(7-8-11(14)15)13-12(16)10-5-3-2-4-6-10/h2-6,9H,7-8H2,1H3,(H,13,16)(H,14,15)/t9-/m0/s1. The summed E-state index contributed by atoms with van der Waals surface area (Å²) in [6.07, 6.45) is 0.504. The number of nitrogens with one attached hydrogen (secondary N) is 1. The maximum absolute atomic E-state index is 11.6. The summed E-state index contributed by atoms with van der Waals surface area (Å²) < 4.78 is 0. The first-order chi connectivity index (χ1) is 7.59. The fraction of sp³-hybridized carbons (Fsp3) is 0.333. The van der Waals surface area contributed by atoms with Crippen LogP contribution in [0.1, 0.15) is 30.1 Å². The number of rotatable bonds is 5. The van der Waals surface area contributed by atoms with Crippen molar-refractivity contribution in [2.45, 2.75) is 25.8 Å². The Bertz CT molecular complexity index is 362. The first-order valence-corrected chi connectivity index (χ1v) is 5.17. The van der Waals surface area contributed by atoms with Crippen molar-refractivity contribution in [2.75, 3.05) is 0 Å². The molecule has 4 heteroatoms. The highest BCUT2D eigenvalue weighted by atomic mass is 16.4. The van der Waals surface area contributed by atoms with Gasteiger partial charge in [0, 0.05) is 18.0 Å². The van der Waals surface area contributed by atoms with E-state index in [1.54, 1.807) is 31.2 Å². The SMILES string of the molecule is C[C@@H](CCC(=O)O)NC(=O)c1ccccc1. The van der Waals surface area contributed by atoms with Crippen molar-refractivity contribution >= 4 is 11.9 Å². The summed E-state index contributed by atoms with van der Waals surface area (Å²) in [5, 5.41) is 11.3. The number of aliphatic carboxylic acids is 1. The Hall–Kier alpha value is -1.84. The van der Waals surface area contributed by atoms with Crippen LogP contribution in [0.2, 0.25) is 0 Å². The molecule has 0 bridgehead atoms.